The SMILES string of the molecule is O=C(O)CC1CCN(S(=O)(=O)Cc2ccc(F)cc2)C2(CC2)C1. The van der Waals surface area contributed by atoms with E-state index in [4.69, 9.17) is 5.11 Å². The maximum Gasteiger partial charge on any atom is 0.303 e. The molecule has 2 aliphatic rings. The second kappa shape index (κ2) is 5.87. The molecular formula is C16H20FNO4S. The Bertz CT molecular complexity index is 697. The molecule has 7 heteroatoms. The van der Waals surface area contributed by atoms with Gasteiger partial charge < -0.3 is 5.11 Å². The van der Waals surface area contributed by atoms with E-state index in [-0.39, 0.29) is 29.4 Å². The Kier molecular flexibility index (Phi) is 4.18. The van der Waals surface area contributed by atoms with Gasteiger partial charge in [0.15, 0.2) is 0 Å². The van der Waals surface area contributed by atoms with Crippen LogP contribution in [0.25, 0.3) is 0 Å². The van der Waals surface area contributed by atoms with Crippen molar-refractivity contribution in [3.63, 3.8) is 0 Å². The van der Waals surface area contributed by atoms with Crippen molar-refractivity contribution in [3.8, 4) is 0 Å². The minimum absolute atomic E-state index is 0.0484. The molecule has 1 unspecified atom stereocenters. The highest BCUT2D eigenvalue weighted by Crippen LogP contribution is 2.52. The van der Waals surface area contributed by atoms with Crippen molar-refractivity contribution in [2.24, 2.45) is 5.92 Å². The van der Waals surface area contributed by atoms with Gasteiger partial charge in [-0.05, 0) is 49.3 Å². The first-order chi connectivity index (χ1) is 10.8. The van der Waals surface area contributed by atoms with Gasteiger partial charge in [0.25, 0.3) is 0 Å². The van der Waals surface area contributed by atoms with Gasteiger partial charge in [0.2, 0.25) is 10.0 Å². The van der Waals surface area contributed by atoms with Crippen LogP contribution in [0.3, 0.4) is 0 Å². The van der Waals surface area contributed by atoms with E-state index in [0.717, 1.165) is 12.8 Å². The summed E-state index contributed by atoms with van der Waals surface area (Å²) in [7, 11) is -3.48. The van der Waals surface area contributed by atoms with Gasteiger partial charge in [0.1, 0.15) is 5.82 Å². The lowest BCUT2D eigenvalue weighted by Crippen LogP contribution is -2.48. The fourth-order valence-corrected chi connectivity index (χ4v) is 5.60. The highest BCUT2D eigenvalue weighted by molar-refractivity contribution is 7.88. The Balaban J connectivity index is 1.73. The van der Waals surface area contributed by atoms with Gasteiger partial charge in [-0.3, -0.25) is 4.79 Å². The van der Waals surface area contributed by atoms with Crippen LogP contribution in [0.2, 0.25) is 0 Å². The number of nitrogens with zero attached hydrogens (tertiary/aromatic N) is 1. The molecule has 1 spiro atoms. The summed E-state index contributed by atoms with van der Waals surface area (Å²) >= 11 is 0. The molecule has 1 aromatic carbocycles. The molecule has 23 heavy (non-hydrogen) atoms. The molecule has 0 amide bonds. The third-order valence-electron chi connectivity index (χ3n) is 4.83. The molecule has 2 fully saturated rings. The summed E-state index contributed by atoms with van der Waals surface area (Å²) in [6.07, 6.45) is 2.91. The lowest BCUT2D eigenvalue weighted by Gasteiger charge is -2.38. The largest absolute Gasteiger partial charge is 0.481 e. The van der Waals surface area contributed by atoms with Crippen LogP contribution in [-0.2, 0) is 20.6 Å². The Morgan fingerprint density at radius 3 is 2.52 bits per heavy atom. The normalized spacial score (nSPS) is 23.8. The fraction of sp³-hybridized carbons (Fsp3) is 0.562. The summed E-state index contributed by atoms with van der Waals surface area (Å²) < 4.78 is 40.0. The molecule has 1 saturated heterocycles. The summed E-state index contributed by atoms with van der Waals surface area (Å²) in [5, 5.41) is 8.94. The summed E-state index contributed by atoms with van der Waals surface area (Å²) in [6.45, 7) is 0.376. The van der Waals surface area contributed by atoms with Crippen molar-refractivity contribution >= 4 is 16.0 Å². The first-order valence-corrected chi connectivity index (χ1v) is 9.38. The molecule has 1 aliphatic heterocycles. The second-order valence-electron chi connectivity index (χ2n) is 6.64. The van der Waals surface area contributed by atoms with Crippen LogP contribution < -0.4 is 0 Å². The number of halogens is 1. The average molecular weight is 341 g/mol. The number of carboxylic acid groups (broad SMARTS) is 1. The topological polar surface area (TPSA) is 74.7 Å². The molecule has 5 nitrogen and oxygen atoms in total. The van der Waals surface area contributed by atoms with E-state index in [0.29, 0.717) is 24.9 Å². The van der Waals surface area contributed by atoms with Crippen LogP contribution in [0.15, 0.2) is 24.3 Å². The molecule has 1 N–H and O–H groups in total. The van der Waals surface area contributed by atoms with Crippen LogP contribution in [0.4, 0.5) is 4.39 Å². The number of piperidine rings is 1. The fourth-order valence-electron chi connectivity index (χ4n) is 3.60. The first kappa shape index (κ1) is 16.4. The van der Waals surface area contributed by atoms with Crippen LogP contribution in [0, 0.1) is 11.7 Å². The molecule has 1 atom stereocenters. The highest BCUT2D eigenvalue weighted by Gasteiger charge is 2.55. The van der Waals surface area contributed by atoms with Gasteiger partial charge in [-0.25, -0.2) is 12.8 Å². The maximum atomic E-state index is 12.9. The minimum Gasteiger partial charge on any atom is -0.481 e. The van der Waals surface area contributed by atoms with Gasteiger partial charge in [0, 0.05) is 18.5 Å². The molecule has 126 valence electrons. The Morgan fingerprint density at radius 1 is 1.30 bits per heavy atom. The number of sulfonamides is 1. The minimum atomic E-state index is -3.48. The van der Waals surface area contributed by atoms with E-state index in [1.54, 1.807) is 4.31 Å². The number of rotatable bonds is 5. The zero-order valence-corrected chi connectivity index (χ0v) is 13.6. The van der Waals surface area contributed by atoms with Crippen LogP contribution >= 0.6 is 0 Å². The lowest BCUT2D eigenvalue weighted by atomic mass is 9.88. The van der Waals surface area contributed by atoms with Crippen molar-refractivity contribution in [1.82, 2.24) is 4.31 Å². The smallest absolute Gasteiger partial charge is 0.303 e. The van der Waals surface area contributed by atoms with Crippen molar-refractivity contribution in [2.75, 3.05) is 6.54 Å². The van der Waals surface area contributed by atoms with Crippen LogP contribution in [-0.4, -0.2) is 35.9 Å². The number of carbonyl (C=O) groups is 1. The Hall–Kier alpha value is -1.47. The van der Waals surface area contributed by atoms with E-state index >= 15 is 0 Å². The summed E-state index contributed by atoms with van der Waals surface area (Å²) in [6, 6.07) is 5.50. The van der Waals surface area contributed by atoms with Crippen LogP contribution in [0.5, 0.6) is 0 Å². The van der Waals surface area contributed by atoms with E-state index in [9.17, 15) is 17.6 Å². The average Bonchev–Trinajstić information content (AvgIpc) is 3.20. The molecule has 1 aliphatic carbocycles. The van der Waals surface area contributed by atoms with Gasteiger partial charge in [-0.1, -0.05) is 12.1 Å². The third-order valence-corrected chi connectivity index (χ3v) is 6.77. The summed E-state index contributed by atoms with van der Waals surface area (Å²) in [4.78, 5) is 10.9. The molecule has 1 aromatic rings. The monoisotopic (exact) mass is 341 g/mol. The highest BCUT2D eigenvalue weighted by atomic mass is 32.2. The van der Waals surface area contributed by atoms with Crippen molar-refractivity contribution in [1.29, 1.82) is 0 Å². The quantitative estimate of drug-likeness (QED) is 0.892. The standard InChI is InChI=1S/C16H20FNO4S/c17-14-3-1-12(2-4-14)11-23(21,22)18-8-5-13(9-15(19)20)10-16(18)6-7-16/h1-4,13H,5-11H2,(H,19,20). The Labute approximate surface area is 135 Å². The van der Waals surface area contributed by atoms with Crippen LogP contribution in [0.1, 0.15) is 37.7 Å². The van der Waals surface area contributed by atoms with E-state index < -0.39 is 16.0 Å². The zero-order valence-electron chi connectivity index (χ0n) is 12.7. The predicted octanol–water partition coefficient (Wildman–Crippen LogP) is 2.37. The number of aliphatic carboxylic acids is 1. The zero-order chi connectivity index (χ0) is 16.7. The number of hydrogen-bond acceptors (Lipinski definition) is 3. The van der Waals surface area contributed by atoms with E-state index in [1.165, 1.54) is 24.3 Å². The molecule has 0 radical (unpaired) electrons. The second-order valence-corrected chi connectivity index (χ2v) is 8.53. The van der Waals surface area contributed by atoms with E-state index in [1.807, 2.05) is 0 Å². The van der Waals surface area contributed by atoms with Gasteiger partial charge >= 0.3 is 5.97 Å². The summed E-state index contributed by atoms with van der Waals surface area (Å²) in [5.41, 5.74) is 0.187. The van der Waals surface area contributed by atoms with Gasteiger partial charge in [-0.15, -0.1) is 0 Å². The predicted molar refractivity (Wildman–Crippen MR) is 82.7 cm³/mol. The third kappa shape index (κ3) is 3.55. The van der Waals surface area contributed by atoms with E-state index in [2.05, 4.69) is 0 Å². The van der Waals surface area contributed by atoms with Crippen molar-refractivity contribution < 1.29 is 22.7 Å². The molecule has 0 aromatic heterocycles. The summed E-state index contributed by atoms with van der Waals surface area (Å²) in [5.74, 6) is -1.31. The number of benzene rings is 1. The molecule has 1 saturated carbocycles. The lowest BCUT2D eigenvalue weighted by molar-refractivity contribution is -0.138. The van der Waals surface area contributed by atoms with Crippen molar-refractivity contribution in [3.05, 3.63) is 35.6 Å². The molecular weight excluding hydrogens is 321 g/mol. The number of carboxylic acids is 1. The van der Waals surface area contributed by atoms with Crippen molar-refractivity contribution in [2.45, 2.75) is 43.4 Å². The number of hydrogen-bond donors (Lipinski definition) is 1. The molecule has 3 rings (SSSR count). The van der Waals surface area contributed by atoms with Gasteiger partial charge in [-0.2, -0.15) is 4.31 Å². The molecule has 0 bridgehead atoms. The van der Waals surface area contributed by atoms with Gasteiger partial charge in [0.05, 0.1) is 5.75 Å². The maximum absolute atomic E-state index is 12.9. The molecule has 1 heterocycles. The Morgan fingerprint density at radius 2 is 1.96 bits per heavy atom. The first-order valence-electron chi connectivity index (χ1n) is 7.78.